The minimum Gasteiger partial charge on any atom is -0.358 e. The molecule has 1 N–H and O–H groups in total. The molecular formula is C15H12ClNS. The molecule has 0 aliphatic rings. The van der Waals surface area contributed by atoms with Gasteiger partial charge in [-0.1, -0.05) is 41.6 Å². The van der Waals surface area contributed by atoms with Crippen LogP contribution in [0.3, 0.4) is 0 Å². The van der Waals surface area contributed by atoms with E-state index in [0.717, 1.165) is 10.5 Å². The fourth-order valence-corrected chi connectivity index (χ4v) is 3.20. The van der Waals surface area contributed by atoms with Crippen molar-refractivity contribution < 1.29 is 0 Å². The molecule has 18 heavy (non-hydrogen) atoms. The van der Waals surface area contributed by atoms with E-state index in [-0.39, 0.29) is 0 Å². The molecule has 3 aromatic rings. The summed E-state index contributed by atoms with van der Waals surface area (Å²) in [4.78, 5) is 5.88. The maximum Gasteiger partial charge on any atom is 0.0468 e. The largest absolute Gasteiger partial charge is 0.358 e. The molecule has 0 bridgehead atoms. The highest BCUT2D eigenvalue weighted by molar-refractivity contribution is 7.99. The molecule has 1 heterocycles. The Morgan fingerprint density at radius 2 is 1.83 bits per heavy atom. The number of halogens is 1. The van der Waals surface area contributed by atoms with E-state index >= 15 is 0 Å². The lowest BCUT2D eigenvalue weighted by Crippen LogP contribution is -1.75. The summed E-state index contributed by atoms with van der Waals surface area (Å²) in [5.41, 5.74) is 2.32. The summed E-state index contributed by atoms with van der Waals surface area (Å²) in [6.07, 6.45) is 0. The molecule has 0 atom stereocenters. The summed E-state index contributed by atoms with van der Waals surface area (Å²) >= 11 is 7.85. The van der Waals surface area contributed by atoms with E-state index < -0.39 is 0 Å². The van der Waals surface area contributed by atoms with E-state index in [2.05, 4.69) is 36.2 Å². The molecule has 0 amide bonds. The molecule has 3 rings (SSSR count). The topological polar surface area (TPSA) is 15.8 Å². The summed E-state index contributed by atoms with van der Waals surface area (Å²) in [5, 5.41) is 1.96. The van der Waals surface area contributed by atoms with Crippen LogP contribution in [-0.4, -0.2) is 4.98 Å². The second-order valence-corrected chi connectivity index (χ2v) is 5.70. The van der Waals surface area contributed by atoms with Crippen molar-refractivity contribution in [2.75, 3.05) is 0 Å². The lowest BCUT2D eigenvalue weighted by atomic mass is 10.2. The smallest absolute Gasteiger partial charge is 0.0468 e. The summed E-state index contributed by atoms with van der Waals surface area (Å²) < 4.78 is 0. The van der Waals surface area contributed by atoms with Crippen LogP contribution in [0.5, 0.6) is 0 Å². The molecule has 0 radical (unpaired) electrons. The zero-order chi connectivity index (χ0) is 12.5. The molecule has 0 spiro atoms. The van der Waals surface area contributed by atoms with Gasteiger partial charge in [-0.25, -0.2) is 0 Å². The number of nitrogens with one attached hydrogen (secondary N) is 1. The monoisotopic (exact) mass is 273 g/mol. The molecule has 2 aromatic carbocycles. The van der Waals surface area contributed by atoms with Gasteiger partial charge in [-0.2, -0.15) is 0 Å². The minimum absolute atomic E-state index is 0.774. The van der Waals surface area contributed by atoms with Crippen LogP contribution in [0.15, 0.2) is 58.3 Å². The number of fused-ring (bicyclic) bond motifs is 1. The van der Waals surface area contributed by atoms with Crippen molar-refractivity contribution in [3.63, 3.8) is 0 Å². The maximum atomic E-state index is 6.08. The Morgan fingerprint density at radius 3 is 2.61 bits per heavy atom. The summed E-state index contributed by atoms with van der Waals surface area (Å²) in [5.74, 6) is 0. The predicted molar refractivity (Wildman–Crippen MR) is 78.6 cm³/mol. The minimum atomic E-state index is 0.774. The van der Waals surface area contributed by atoms with Gasteiger partial charge in [0, 0.05) is 31.4 Å². The van der Waals surface area contributed by atoms with Gasteiger partial charge in [-0.05, 0) is 37.3 Å². The van der Waals surface area contributed by atoms with E-state index in [0.29, 0.717) is 0 Å². The van der Waals surface area contributed by atoms with Crippen molar-refractivity contribution in [2.24, 2.45) is 0 Å². The highest BCUT2D eigenvalue weighted by atomic mass is 35.5. The van der Waals surface area contributed by atoms with Crippen molar-refractivity contribution in [2.45, 2.75) is 16.7 Å². The molecule has 3 heteroatoms. The SMILES string of the molecule is Cc1[nH]c2ccc(Cl)cc2c1Sc1ccccc1. The second-order valence-electron chi connectivity index (χ2n) is 4.18. The summed E-state index contributed by atoms with van der Waals surface area (Å²) in [6, 6.07) is 16.3. The molecule has 0 aliphatic carbocycles. The third-order valence-electron chi connectivity index (χ3n) is 2.85. The number of hydrogen-bond donors (Lipinski definition) is 1. The maximum absolute atomic E-state index is 6.08. The first-order valence-electron chi connectivity index (χ1n) is 5.75. The number of rotatable bonds is 2. The average molecular weight is 274 g/mol. The molecular weight excluding hydrogens is 262 g/mol. The second kappa shape index (κ2) is 4.71. The van der Waals surface area contributed by atoms with E-state index in [1.54, 1.807) is 11.8 Å². The number of benzene rings is 2. The zero-order valence-corrected chi connectivity index (χ0v) is 11.5. The third kappa shape index (κ3) is 2.14. The normalized spacial score (nSPS) is 11.0. The van der Waals surface area contributed by atoms with Gasteiger partial charge in [0.05, 0.1) is 0 Å². The van der Waals surface area contributed by atoms with Gasteiger partial charge >= 0.3 is 0 Å². The molecule has 0 fully saturated rings. The Hall–Kier alpha value is -1.38. The van der Waals surface area contributed by atoms with Gasteiger partial charge < -0.3 is 4.98 Å². The van der Waals surface area contributed by atoms with Crippen molar-refractivity contribution in [1.82, 2.24) is 4.98 Å². The van der Waals surface area contributed by atoms with E-state index in [1.165, 1.54) is 20.9 Å². The van der Waals surface area contributed by atoms with E-state index in [9.17, 15) is 0 Å². The van der Waals surface area contributed by atoms with E-state index in [4.69, 9.17) is 11.6 Å². The number of aryl methyl sites for hydroxylation is 1. The lowest BCUT2D eigenvalue weighted by Gasteiger charge is -2.01. The van der Waals surface area contributed by atoms with E-state index in [1.807, 2.05) is 24.3 Å². The van der Waals surface area contributed by atoms with Crippen LogP contribution in [0.1, 0.15) is 5.69 Å². The van der Waals surface area contributed by atoms with Crippen LogP contribution in [0, 0.1) is 6.92 Å². The number of aromatic amines is 1. The number of aromatic nitrogens is 1. The Labute approximate surface area is 115 Å². The quantitative estimate of drug-likeness (QED) is 0.671. The highest BCUT2D eigenvalue weighted by Crippen LogP contribution is 2.37. The van der Waals surface area contributed by atoms with Crippen LogP contribution in [0.25, 0.3) is 10.9 Å². The van der Waals surface area contributed by atoms with Crippen LogP contribution < -0.4 is 0 Å². The molecule has 0 aliphatic heterocycles. The van der Waals surface area contributed by atoms with Gasteiger partial charge in [0.25, 0.3) is 0 Å². The Bertz CT molecular complexity index is 688. The molecule has 1 nitrogen and oxygen atoms in total. The average Bonchev–Trinajstić information content (AvgIpc) is 2.67. The lowest BCUT2D eigenvalue weighted by molar-refractivity contribution is 1.23. The van der Waals surface area contributed by atoms with Crippen molar-refractivity contribution in [3.05, 3.63) is 59.2 Å². The van der Waals surface area contributed by atoms with Crippen LogP contribution >= 0.6 is 23.4 Å². The highest BCUT2D eigenvalue weighted by Gasteiger charge is 2.10. The van der Waals surface area contributed by atoms with Gasteiger partial charge in [0.15, 0.2) is 0 Å². The molecule has 0 unspecified atom stereocenters. The van der Waals surface area contributed by atoms with Crippen LogP contribution in [0.4, 0.5) is 0 Å². The van der Waals surface area contributed by atoms with Gasteiger partial charge in [-0.3, -0.25) is 0 Å². The molecule has 0 saturated carbocycles. The Morgan fingerprint density at radius 1 is 1.06 bits per heavy atom. The Kier molecular flexibility index (Phi) is 3.06. The molecule has 1 aromatic heterocycles. The number of hydrogen-bond acceptors (Lipinski definition) is 1. The first-order chi connectivity index (χ1) is 8.74. The zero-order valence-electron chi connectivity index (χ0n) is 9.91. The van der Waals surface area contributed by atoms with Crippen molar-refractivity contribution in [1.29, 1.82) is 0 Å². The van der Waals surface area contributed by atoms with Crippen molar-refractivity contribution in [3.8, 4) is 0 Å². The standard InChI is InChI=1S/C15H12ClNS/c1-10-15(18-12-5-3-2-4-6-12)13-9-11(16)7-8-14(13)17-10/h2-9,17H,1H3. The summed E-state index contributed by atoms with van der Waals surface area (Å²) in [6.45, 7) is 2.10. The van der Waals surface area contributed by atoms with Gasteiger partial charge in [-0.15, -0.1) is 0 Å². The third-order valence-corrected chi connectivity index (χ3v) is 4.33. The van der Waals surface area contributed by atoms with Crippen LogP contribution in [-0.2, 0) is 0 Å². The molecule has 90 valence electrons. The summed E-state index contributed by atoms with van der Waals surface area (Å²) in [7, 11) is 0. The fraction of sp³-hybridized carbons (Fsp3) is 0.0667. The Balaban J connectivity index is 2.11. The fourth-order valence-electron chi connectivity index (χ4n) is 2.01. The first-order valence-corrected chi connectivity index (χ1v) is 6.94. The predicted octanol–water partition coefficient (Wildman–Crippen LogP) is 5.28. The molecule has 0 saturated heterocycles. The number of H-pyrrole nitrogens is 1. The van der Waals surface area contributed by atoms with Gasteiger partial charge in [0.2, 0.25) is 0 Å². The first kappa shape index (κ1) is 11.7. The van der Waals surface area contributed by atoms with Crippen molar-refractivity contribution >= 4 is 34.3 Å². The van der Waals surface area contributed by atoms with Gasteiger partial charge in [0.1, 0.15) is 0 Å². The van der Waals surface area contributed by atoms with Crippen LogP contribution in [0.2, 0.25) is 5.02 Å².